The van der Waals surface area contributed by atoms with Gasteiger partial charge in [0.1, 0.15) is 11.1 Å². The van der Waals surface area contributed by atoms with Crippen LogP contribution in [0.2, 0.25) is 0 Å². The topological polar surface area (TPSA) is 93.5 Å². The third kappa shape index (κ3) is 1.54. The van der Waals surface area contributed by atoms with Crippen LogP contribution in [-0.4, -0.2) is 11.1 Å². The normalized spacial score (nSPS) is 10.4. The molecule has 0 fully saturated rings. The molecule has 1 aromatic heterocycles. The first-order valence-electron chi connectivity index (χ1n) is 4.14. The summed E-state index contributed by atoms with van der Waals surface area (Å²) in [5.74, 6) is -1.31. The van der Waals surface area contributed by atoms with Gasteiger partial charge in [0.15, 0.2) is 0 Å². The summed E-state index contributed by atoms with van der Waals surface area (Å²) in [6, 6.07) is 5.90. The standard InChI is InChI=1S/C10H7NO4/c11-6-1-2-8-5(3-6)4-7(9(12)13)10(14)15-8/h1-4H,11H2,(H,12,13). The second kappa shape index (κ2) is 3.13. The molecule has 1 aromatic carbocycles. The van der Waals surface area contributed by atoms with E-state index in [2.05, 4.69) is 0 Å². The van der Waals surface area contributed by atoms with Crippen molar-refractivity contribution in [1.82, 2.24) is 0 Å². The highest BCUT2D eigenvalue weighted by molar-refractivity contribution is 5.92. The first kappa shape index (κ1) is 9.26. The molecule has 0 amide bonds. The van der Waals surface area contributed by atoms with Crippen molar-refractivity contribution in [1.29, 1.82) is 0 Å². The van der Waals surface area contributed by atoms with Gasteiger partial charge in [0, 0.05) is 11.1 Å². The molecule has 0 bridgehead atoms. The summed E-state index contributed by atoms with van der Waals surface area (Å²) in [5, 5.41) is 9.20. The average molecular weight is 205 g/mol. The molecule has 2 rings (SSSR count). The molecule has 15 heavy (non-hydrogen) atoms. The lowest BCUT2D eigenvalue weighted by molar-refractivity contribution is 0.0692. The second-order valence-corrected chi connectivity index (χ2v) is 3.05. The molecule has 0 saturated carbocycles. The summed E-state index contributed by atoms with van der Waals surface area (Å²) in [7, 11) is 0. The van der Waals surface area contributed by atoms with Crippen LogP contribution >= 0.6 is 0 Å². The van der Waals surface area contributed by atoms with E-state index < -0.39 is 17.2 Å². The maximum atomic E-state index is 11.2. The summed E-state index contributed by atoms with van der Waals surface area (Å²) in [6.45, 7) is 0. The fourth-order valence-electron chi connectivity index (χ4n) is 1.29. The lowest BCUT2D eigenvalue weighted by Crippen LogP contribution is -2.12. The van der Waals surface area contributed by atoms with E-state index in [0.29, 0.717) is 16.7 Å². The van der Waals surface area contributed by atoms with E-state index >= 15 is 0 Å². The molecule has 76 valence electrons. The van der Waals surface area contributed by atoms with Gasteiger partial charge in [-0.15, -0.1) is 0 Å². The fourth-order valence-corrected chi connectivity index (χ4v) is 1.29. The summed E-state index contributed by atoms with van der Waals surface area (Å²) in [4.78, 5) is 21.8. The van der Waals surface area contributed by atoms with E-state index in [-0.39, 0.29) is 0 Å². The van der Waals surface area contributed by atoms with Crippen LogP contribution in [0.5, 0.6) is 0 Å². The molecule has 0 aliphatic rings. The zero-order valence-corrected chi connectivity index (χ0v) is 7.56. The summed E-state index contributed by atoms with van der Waals surface area (Å²) < 4.78 is 4.82. The molecule has 0 atom stereocenters. The molecule has 1 heterocycles. The van der Waals surface area contributed by atoms with Gasteiger partial charge >= 0.3 is 11.6 Å². The van der Waals surface area contributed by atoms with Crippen molar-refractivity contribution in [3.05, 3.63) is 40.2 Å². The molecule has 0 aliphatic heterocycles. The van der Waals surface area contributed by atoms with Crippen LogP contribution in [-0.2, 0) is 0 Å². The molecule has 0 spiro atoms. The van der Waals surface area contributed by atoms with Gasteiger partial charge in [-0.25, -0.2) is 9.59 Å². The minimum atomic E-state index is -1.31. The molecule has 0 saturated heterocycles. The van der Waals surface area contributed by atoms with Gasteiger partial charge in [-0.3, -0.25) is 0 Å². The van der Waals surface area contributed by atoms with Gasteiger partial charge < -0.3 is 15.3 Å². The Bertz CT molecular complexity index is 600. The van der Waals surface area contributed by atoms with Gasteiger partial charge in [-0.1, -0.05) is 0 Å². The highest BCUT2D eigenvalue weighted by Gasteiger charge is 2.11. The van der Waals surface area contributed by atoms with Crippen molar-refractivity contribution in [3.8, 4) is 0 Å². The zero-order chi connectivity index (χ0) is 11.0. The quantitative estimate of drug-likeness (QED) is 0.536. The van der Waals surface area contributed by atoms with Crippen molar-refractivity contribution in [2.45, 2.75) is 0 Å². The van der Waals surface area contributed by atoms with Crippen molar-refractivity contribution in [2.24, 2.45) is 0 Å². The number of nitrogens with two attached hydrogens (primary N) is 1. The van der Waals surface area contributed by atoms with Crippen LogP contribution in [0.25, 0.3) is 11.0 Å². The van der Waals surface area contributed by atoms with E-state index in [0.717, 1.165) is 0 Å². The Kier molecular flexibility index (Phi) is 1.93. The molecule has 5 heteroatoms. The summed E-state index contributed by atoms with van der Waals surface area (Å²) in [6.07, 6.45) is 0. The number of anilines is 1. The maximum Gasteiger partial charge on any atom is 0.351 e. The highest BCUT2D eigenvalue weighted by atomic mass is 16.4. The molecule has 2 aromatic rings. The summed E-state index contributed by atoms with van der Waals surface area (Å²) >= 11 is 0. The predicted molar refractivity (Wildman–Crippen MR) is 53.9 cm³/mol. The Morgan fingerprint density at radius 2 is 2.07 bits per heavy atom. The van der Waals surface area contributed by atoms with Crippen LogP contribution in [0.15, 0.2) is 33.5 Å². The van der Waals surface area contributed by atoms with Gasteiger partial charge in [-0.2, -0.15) is 0 Å². The Morgan fingerprint density at radius 3 is 2.73 bits per heavy atom. The number of nitrogen functional groups attached to an aromatic ring is 1. The second-order valence-electron chi connectivity index (χ2n) is 3.05. The lowest BCUT2D eigenvalue weighted by Gasteiger charge is -1.99. The summed E-state index contributed by atoms with van der Waals surface area (Å²) in [5.41, 5.74) is 5.06. The number of fused-ring (bicyclic) bond motifs is 1. The van der Waals surface area contributed by atoms with Gasteiger partial charge in [-0.05, 0) is 24.3 Å². The smallest absolute Gasteiger partial charge is 0.351 e. The number of hydrogen-bond acceptors (Lipinski definition) is 4. The predicted octanol–water partition coefficient (Wildman–Crippen LogP) is 1.07. The number of carbonyl (C=O) groups is 1. The van der Waals surface area contributed by atoms with Gasteiger partial charge in [0.05, 0.1) is 0 Å². The average Bonchev–Trinajstić information content (AvgIpc) is 2.17. The monoisotopic (exact) mass is 205 g/mol. The molecule has 0 unspecified atom stereocenters. The molecular weight excluding hydrogens is 198 g/mol. The molecule has 5 nitrogen and oxygen atoms in total. The minimum Gasteiger partial charge on any atom is -0.477 e. The molecular formula is C10H7NO4. The van der Waals surface area contributed by atoms with Crippen molar-refractivity contribution in [3.63, 3.8) is 0 Å². The number of benzene rings is 1. The van der Waals surface area contributed by atoms with E-state index in [9.17, 15) is 9.59 Å². The first-order valence-corrected chi connectivity index (χ1v) is 4.14. The van der Waals surface area contributed by atoms with Crippen LogP contribution in [0.1, 0.15) is 10.4 Å². The van der Waals surface area contributed by atoms with E-state index in [1.807, 2.05) is 0 Å². The number of hydrogen-bond donors (Lipinski definition) is 2. The highest BCUT2D eigenvalue weighted by Crippen LogP contribution is 2.16. The number of carboxylic acid groups (broad SMARTS) is 1. The van der Waals surface area contributed by atoms with Crippen molar-refractivity contribution in [2.75, 3.05) is 5.73 Å². The molecule has 3 N–H and O–H groups in total. The van der Waals surface area contributed by atoms with E-state index in [4.69, 9.17) is 15.3 Å². The lowest BCUT2D eigenvalue weighted by atomic mass is 10.2. The third-order valence-corrected chi connectivity index (χ3v) is 1.99. The Labute approximate surface area is 83.7 Å². The van der Waals surface area contributed by atoms with Gasteiger partial charge in [0.25, 0.3) is 0 Å². The van der Waals surface area contributed by atoms with Gasteiger partial charge in [0.2, 0.25) is 0 Å². The molecule has 0 radical (unpaired) electrons. The van der Waals surface area contributed by atoms with Crippen LogP contribution in [0.4, 0.5) is 5.69 Å². The van der Waals surface area contributed by atoms with E-state index in [1.54, 1.807) is 12.1 Å². The third-order valence-electron chi connectivity index (χ3n) is 1.99. The number of aromatic carboxylic acids is 1. The number of rotatable bonds is 1. The minimum absolute atomic E-state index is 0.319. The largest absolute Gasteiger partial charge is 0.477 e. The first-order chi connectivity index (χ1) is 7.08. The maximum absolute atomic E-state index is 11.2. The Morgan fingerprint density at radius 1 is 1.33 bits per heavy atom. The Hall–Kier alpha value is -2.30. The van der Waals surface area contributed by atoms with Crippen LogP contribution < -0.4 is 11.4 Å². The number of carboxylic acids is 1. The van der Waals surface area contributed by atoms with Crippen molar-refractivity contribution >= 4 is 22.6 Å². The van der Waals surface area contributed by atoms with Crippen LogP contribution in [0.3, 0.4) is 0 Å². The van der Waals surface area contributed by atoms with Crippen LogP contribution in [0, 0.1) is 0 Å². The SMILES string of the molecule is Nc1ccc2oc(=O)c(C(=O)O)cc2c1. The fraction of sp³-hybridized carbons (Fsp3) is 0. The Balaban J connectivity index is 2.83. The molecule has 0 aliphatic carbocycles. The van der Waals surface area contributed by atoms with Crippen molar-refractivity contribution < 1.29 is 14.3 Å². The van der Waals surface area contributed by atoms with E-state index in [1.165, 1.54) is 12.1 Å². The zero-order valence-electron chi connectivity index (χ0n) is 7.56.